The lowest BCUT2D eigenvalue weighted by Crippen LogP contribution is -2.21. The SMILES string of the molecule is Cc1c(C(=O)O)nc(C(C)(C)C)n1Cc1ccc(-c2cn[nH]n2)cc1C(F)(F)F. The topological polar surface area (TPSA) is 96.7 Å². The molecule has 0 unspecified atom stereocenters. The number of carboxylic acid groups (broad SMARTS) is 1. The Kier molecular flexibility index (Phi) is 4.97. The van der Waals surface area contributed by atoms with Gasteiger partial charge in [0.05, 0.1) is 11.8 Å². The van der Waals surface area contributed by atoms with Gasteiger partial charge in [-0.3, -0.25) is 0 Å². The van der Waals surface area contributed by atoms with Crippen LogP contribution in [0.2, 0.25) is 0 Å². The smallest absolute Gasteiger partial charge is 0.416 e. The zero-order valence-corrected chi connectivity index (χ0v) is 16.3. The van der Waals surface area contributed by atoms with Crippen molar-refractivity contribution in [3.05, 3.63) is 52.7 Å². The van der Waals surface area contributed by atoms with Crippen LogP contribution < -0.4 is 0 Å². The molecule has 2 heterocycles. The van der Waals surface area contributed by atoms with Gasteiger partial charge in [-0.05, 0) is 18.6 Å². The van der Waals surface area contributed by atoms with Gasteiger partial charge in [0.1, 0.15) is 11.5 Å². The molecule has 2 N–H and O–H groups in total. The summed E-state index contributed by atoms with van der Waals surface area (Å²) in [5.41, 5.74) is -0.657. The van der Waals surface area contributed by atoms with Crippen LogP contribution in [0, 0.1) is 6.92 Å². The number of H-pyrrole nitrogens is 1. The Morgan fingerprint density at radius 2 is 1.93 bits per heavy atom. The summed E-state index contributed by atoms with van der Waals surface area (Å²) in [6.07, 6.45) is -3.26. The summed E-state index contributed by atoms with van der Waals surface area (Å²) in [7, 11) is 0. The van der Waals surface area contributed by atoms with Gasteiger partial charge in [-0.15, -0.1) is 0 Å². The van der Waals surface area contributed by atoms with Crippen LogP contribution in [0.3, 0.4) is 0 Å². The molecule has 3 rings (SSSR count). The van der Waals surface area contributed by atoms with Gasteiger partial charge in [0.25, 0.3) is 0 Å². The van der Waals surface area contributed by atoms with Gasteiger partial charge in [-0.2, -0.15) is 28.6 Å². The van der Waals surface area contributed by atoms with E-state index in [1.165, 1.54) is 22.9 Å². The van der Waals surface area contributed by atoms with Crippen LogP contribution >= 0.6 is 0 Å². The zero-order chi connectivity index (χ0) is 21.6. The number of hydrogen-bond donors (Lipinski definition) is 2. The Bertz CT molecular complexity index is 1050. The lowest BCUT2D eigenvalue weighted by atomic mass is 9.95. The first-order valence-corrected chi connectivity index (χ1v) is 8.76. The number of halogens is 3. The van der Waals surface area contributed by atoms with Gasteiger partial charge in [0.15, 0.2) is 5.69 Å². The minimum absolute atomic E-state index is 0.00711. The van der Waals surface area contributed by atoms with Crippen molar-refractivity contribution in [2.45, 2.75) is 45.8 Å². The van der Waals surface area contributed by atoms with E-state index in [1.807, 2.05) is 20.8 Å². The van der Waals surface area contributed by atoms with Gasteiger partial charge in [-0.1, -0.05) is 32.9 Å². The van der Waals surface area contributed by atoms with E-state index in [0.29, 0.717) is 17.2 Å². The van der Waals surface area contributed by atoms with Gasteiger partial charge in [0, 0.05) is 23.2 Å². The van der Waals surface area contributed by atoms with E-state index in [-0.39, 0.29) is 23.4 Å². The number of imidazole rings is 1. The standard InChI is InChI=1S/C19H20F3N5O2/c1-10-15(16(28)29)24-17(18(2,3)4)27(10)9-12-6-5-11(14-8-23-26-25-14)7-13(12)19(20,21)22/h5-8H,9H2,1-4H3,(H,28,29)(H,23,25,26). The number of benzene rings is 1. The third-order valence-electron chi connectivity index (χ3n) is 4.55. The van der Waals surface area contributed by atoms with Crippen LogP contribution in [-0.4, -0.2) is 36.0 Å². The molecule has 0 spiro atoms. The van der Waals surface area contributed by atoms with Crippen molar-refractivity contribution in [1.29, 1.82) is 0 Å². The van der Waals surface area contributed by atoms with Gasteiger partial charge >= 0.3 is 12.1 Å². The van der Waals surface area contributed by atoms with E-state index in [2.05, 4.69) is 20.4 Å². The van der Waals surface area contributed by atoms with Crippen molar-refractivity contribution >= 4 is 5.97 Å². The first-order chi connectivity index (χ1) is 13.4. The molecule has 0 aliphatic carbocycles. The zero-order valence-electron chi connectivity index (χ0n) is 16.3. The van der Waals surface area contributed by atoms with Crippen LogP contribution in [0.25, 0.3) is 11.3 Å². The first-order valence-electron chi connectivity index (χ1n) is 8.76. The highest BCUT2D eigenvalue weighted by Gasteiger charge is 2.35. The van der Waals surface area contributed by atoms with Crippen LogP contribution in [0.1, 0.15) is 53.9 Å². The van der Waals surface area contributed by atoms with Gasteiger partial charge in [-0.25, -0.2) is 9.78 Å². The van der Waals surface area contributed by atoms with E-state index in [9.17, 15) is 23.1 Å². The third-order valence-corrected chi connectivity index (χ3v) is 4.55. The number of nitrogens with one attached hydrogen (secondary N) is 1. The third kappa shape index (κ3) is 4.01. The maximum Gasteiger partial charge on any atom is 0.416 e. The highest BCUT2D eigenvalue weighted by atomic mass is 19.4. The monoisotopic (exact) mass is 407 g/mol. The summed E-state index contributed by atoms with van der Waals surface area (Å²) in [5, 5.41) is 19.2. The maximum atomic E-state index is 13.8. The Labute approximate surface area is 164 Å². The number of aromatic nitrogens is 5. The fourth-order valence-corrected chi connectivity index (χ4v) is 3.15. The minimum Gasteiger partial charge on any atom is -0.476 e. The number of nitrogens with zero attached hydrogens (tertiary/aromatic N) is 4. The van der Waals surface area contributed by atoms with Crippen LogP contribution in [0.5, 0.6) is 0 Å². The summed E-state index contributed by atoms with van der Waals surface area (Å²) >= 11 is 0. The Hall–Kier alpha value is -3.17. The average Bonchev–Trinajstić information content (AvgIpc) is 3.23. The molecular weight excluding hydrogens is 387 g/mol. The number of carboxylic acids is 1. The lowest BCUT2D eigenvalue weighted by molar-refractivity contribution is -0.138. The predicted molar refractivity (Wildman–Crippen MR) is 98.5 cm³/mol. The second kappa shape index (κ2) is 7.02. The summed E-state index contributed by atoms with van der Waals surface area (Å²) < 4.78 is 42.9. The van der Waals surface area contributed by atoms with Crippen molar-refractivity contribution in [2.24, 2.45) is 0 Å². The highest BCUT2D eigenvalue weighted by molar-refractivity contribution is 5.86. The van der Waals surface area contributed by atoms with E-state index >= 15 is 0 Å². The summed E-state index contributed by atoms with van der Waals surface area (Å²) in [5.74, 6) is -0.815. The quantitative estimate of drug-likeness (QED) is 0.680. The summed E-state index contributed by atoms with van der Waals surface area (Å²) in [6, 6.07) is 3.93. The Morgan fingerprint density at radius 1 is 1.24 bits per heavy atom. The fourth-order valence-electron chi connectivity index (χ4n) is 3.15. The molecule has 3 aromatic rings. The molecule has 154 valence electrons. The molecule has 29 heavy (non-hydrogen) atoms. The molecule has 0 saturated heterocycles. The molecule has 0 aliphatic heterocycles. The summed E-state index contributed by atoms with van der Waals surface area (Å²) in [4.78, 5) is 15.7. The number of hydrogen-bond acceptors (Lipinski definition) is 4. The second-order valence-electron chi connectivity index (χ2n) is 7.74. The molecule has 0 aliphatic rings. The largest absolute Gasteiger partial charge is 0.476 e. The Morgan fingerprint density at radius 3 is 2.45 bits per heavy atom. The number of alkyl halides is 3. The average molecular weight is 407 g/mol. The number of aromatic amines is 1. The van der Waals surface area contributed by atoms with Crippen molar-refractivity contribution in [1.82, 2.24) is 25.0 Å². The maximum absolute atomic E-state index is 13.8. The van der Waals surface area contributed by atoms with Crippen molar-refractivity contribution < 1.29 is 23.1 Å². The minimum atomic E-state index is -4.60. The van der Waals surface area contributed by atoms with Crippen molar-refractivity contribution in [3.63, 3.8) is 0 Å². The molecule has 0 bridgehead atoms. The van der Waals surface area contributed by atoms with E-state index in [1.54, 1.807) is 6.92 Å². The molecule has 0 radical (unpaired) electrons. The lowest BCUT2D eigenvalue weighted by Gasteiger charge is -2.22. The van der Waals surface area contributed by atoms with Crippen molar-refractivity contribution in [2.75, 3.05) is 0 Å². The molecule has 2 aromatic heterocycles. The van der Waals surface area contributed by atoms with Gasteiger partial charge in [0.2, 0.25) is 0 Å². The normalized spacial score (nSPS) is 12.4. The van der Waals surface area contributed by atoms with Crippen LogP contribution in [-0.2, 0) is 18.1 Å². The van der Waals surface area contributed by atoms with Crippen molar-refractivity contribution in [3.8, 4) is 11.3 Å². The van der Waals surface area contributed by atoms with Gasteiger partial charge < -0.3 is 9.67 Å². The van der Waals surface area contributed by atoms with Crippen LogP contribution in [0.4, 0.5) is 13.2 Å². The summed E-state index contributed by atoms with van der Waals surface area (Å²) in [6.45, 7) is 6.87. The molecule has 10 heteroatoms. The molecule has 0 amide bonds. The second-order valence-corrected chi connectivity index (χ2v) is 7.74. The molecular formula is C19H20F3N5O2. The molecule has 0 fully saturated rings. The fraction of sp³-hybridized carbons (Fsp3) is 0.368. The predicted octanol–water partition coefficient (Wildman–Crippen LogP) is 4.04. The van der Waals surface area contributed by atoms with Crippen LogP contribution in [0.15, 0.2) is 24.4 Å². The molecule has 7 nitrogen and oxygen atoms in total. The van der Waals surface area contributed by atoms with E-state index in [4.69, 9.17) is 0 Å². The van der Waals surface area contributed by atoms with E-state index < -0.39 is 23.1 Å². The number of carbonyl (C=O) groups is 1. The molecule has 0 saturated carbocycles. The molecule has 1 aromatic carbocycles. The number of aromatic carboxylic acids is 1. The Balaban J connectivity index is 2.15. The molecule has 0 atom stereocenters. The first kappa shape index (κ1) is 20.6. The highest BCUT2D eigenvalue weighted by Crippen LogP contribution is 2.36. The number of rotatable bonds is 4. The van der Waals surface area contributed by atoms with E-state index in [0.717, 1.165) is 6.07 Å².